The number of nitrogens with two attached hydrogens (primary N) is 1. The zero-order valence-electron chi connectivity index (χ0n) is 8.41. The minimum Gasteiger partial charge on any atom is -0.329 e. The zero-order chi connectivity index (χ0) is 9.26. The van der Waals surface area contributed by atoms with E-state index < -0.39 is 0 Å². The fourth-order valence-corrected chi connectivity index (χ4v) is 3.57. The van der Waals surface area contributed by atoms with Crippen LogP contribution >= 0.6 is 11.8 Å². The Bertz CT molecular complexity index is 164. The summed E-state index contributed by atoms with van der Waals surface area (Å²) in [4.78, 5) is 2.55. The molecule has 0 radical (unpaired) electrons. The van der Waals surface area contributed by atoms with E-state index in [1.54, 1.807) is 0 Å². The molecule has 0 aromatic carbocycles. The molecule has 2 fully saturated rings. The molecule has 1 heterocycles. The fourth-order valence-electron chi connectivity index (χ4n) is 2.29. The Kier molecular flexibility index (Phi) is 3.17. The van der Waals surface area contributed by atoms with Crippen LogP contribution in [-0.2, 0) is 0 Å². The summed E-state index contributed by atoms with van der Waals surface area (Å²) >= 11 is 2.09. The van der Waals surface area contributed by atoms with Crippen molar-refractivity contribution in [3.63, 3.8) is 0 Å². The maximum absolute atomic E-state index is 5.83. The van der Waals surface area contributed by atoms with Crippen molar-refractivity contribution >= 4 is 11.8 Å². The quantitative estimate of drug-likeness (QED) is 0.738. The van der Waals surface area contributed by atoms with Crippen LogP contribution in [0.2, 0.25) is 0 Å². The number of nitrogens with zero attached hydrogens (tertiary/aromatic N) is 1. The Morgan fingerprint density at radius 3 is 2.69 bits per heavy atom. The lowest BCUT2D eigenvalue weighted by Gasteiger charge is -2.32. The summed E-state index contributed by atoms with van der Waals surface area (Å²) in [6.07, 6.45) is 4.18. The molecule has 2 aliphatic rings. The second-order valence-electron chi connectivity index (χ2n) is 4.32. The predicted molar refractivity (Wildman–Crippen MR) is 59.1 cm³/mol. The SMILES string of the molecule is CN(C1CCSC1)C(CN)C1CC1. The van der Waals surface area contributed by atoms with E-state index in [4.69, 9.17) is 5.73 Å². The minimum atomic E-state index is 0.670. The first-order valence-electron chi connectivity index (χ1n) is 5.32. The van der Waals surface area contributed by atoms with Crippen LogP contribution in [0.15, 0.2) is 0 Å². The topological polar surface area (TPSA) is 29.3 Å². The van der Waals surface area contributed by atoms with Gasteiger partial charge in [-0.2, -0.15) is 11.8 Å². The fraction of sp³-hybridized carbons (Fsp3) is 1.00. The van der Waals surface area contributed by atoms with Gasteiger partial charge in [0.2, 0.25) is 0 Å². The van der Waals surface area contributed by atoms with E-state index in [0.717, 1.165) is 18.5 Å². The third-order valence-corrected chi connectivity index (χ3v) is 4.56. The van der Waals surface area contributed by atoms with Crippen molar-refractivity contribution in [3.8, 4) is 0 Å². The van der Waals surface area contributed by atoms with Gasteiger partial charge in [0.1, 0.15) is 0 Å². The molecule has 1 saturated heterocycles. The van der Waals surface area contributed by atoms with Crippen molar-refractivity contribution in [2.75, 3.05) is 25.1 Å². The molecule has 0 spiro atoms. The summed E-state index contributed by atoms with van der Waals surface area (Å²) < 4.78 is 0. The van der Waals surface area contributed by atoms with Gasteiger partial charge < -0.3 is 5.73 Å². The van der Waals surface area contributed by atoms with Crippen molar-refractivity contribution in [2.24, 2.45) is 11.7 Å². The van der Waals surface area contributed by atoms with Gasteiger partial charge in [-0.1, -0.05) is 0 Å². The number of hydrogen-bond donors (Lipinski definition) is 1. The molecular formula is C10H20N2S. The molecule has 0 aromatic rings. The van der Waals surface area contributed by atoms with Crippen molar-refractivity contribution in [2.45, 2.75) is 31.3 Å². The lowest BCUT2D eigenvalue weighted by atomic mass is 10.1. The summed E-state index contributed by atoms with van der Waals surface area (Å²) in [5.74, 6) is 3.58. The average Bonchev–Trinajstić information content (AvgIpc) is 2.83. The van der Waals surface area contributed by atoms with Gasteiger partial charge in [0.25, 0.3) is 0 Å². The van der Waals surface area contributed by atoms with E-state index in [0.29, 0.717) is 6.04 Å². The van der Waals surface area contributed by atoms with Gasteiger partial charge >= 0.3 is 0 Å². The van der Waals surface area contributed by atoms with Crippen LogP contribution in [0.25, 0.3) is 0 Å². The Morgan fingerprint density at radius 1 is 1.46 bits per heavy atom. The first kappa shape index (κ1) is 9.81. The molecule has 13 heavy (non-hydrogen) atoms. The highest BCUT2D eigenvalue weighted by atomic mass is 32.2. The van der Waals surface area contributed by atoms with Crippen molar-refractivity contribution in [1.29, 1.82) is 0 Å². The lowest BCUT2D eigenvalue weighted by Crippen LogP contribution is -2.45. The molecule has 2 rings (SSSR count). The first-order valence-corrected chi connectivity index (χ1v) is 6.48. The van der Waals surface area contributed by atoms with E-state index in [1.165, 1.54) is 30.8 Å². The monoisotopic (exact) mass is 200 g/mol. The molecule has 0 amide bonds. The van der Waals surface area contributed by atoms with Gasteiger partial charge in [-0.25, -0.2) is 0 Å². The second kappa shape index (κ2) is 4.20. The van der Waals surface area contributed by atoms with Crippen LogP contribution in [0, 0.1) is 5.92 Å². The van der Waals surface area contributed by atoms with Gasteiger partial charge in [-0.3, -0.25) is 4.90 Å². The number of rotatable bonds is 4. The molecule has 1 aliphatic heterocycles. The number of likely N-dealkylation sites (N-methyl/N-ethyl adjacent to an activating group) is 1. The second-order valence-corrected chi connectivity index (χ2v) is 5.47. The van der Waals surface area contributed by atoms with Gasteiger partial charge in [0, 0.05) is 24.4 Å². The van der Waals surface area contributed by atoms with E-state index in [1.807, 2.05) is 0 Å². The molecular weight excluding hydrogens is 180 g/mol. The normalized spacial score (nSPS) is 31.2. The standard InChI is InChI=1S/C10H20N2S/c1-12(9-4-5-13-7-9)10(6-11)8-2-3-8/h8-10H,2-7,11H2,1H3. The molecule has 0 aromatic heterocycles. The van der Waals surface area contributed by atoms with E-state index in [-0.39, 0.29) is 0 Å². The van der Waals surface area contributed by atoms with Crippen molar-refractivity contribution in [1.82, 2.24) is 4.90 Å². The Labute approximate surface area is 85.2 Å². The van der Waals surface area contributed by atoms with E-state index >= 15 is 0 Å². The van der Waals surface area contributed by atoms with E-state index in [9.17, 15) is 0 Å². The van der Waals surface area contributed by atoms with Crippen LogP contribution in [-0.4, -0.2) is 42.1 Å². The Morgan fingerprint density at radius 2 is 2.23 bits per heavy atom. The maximum Gasteiger partial charge on any atom is 0.0246 e. The third kappa shape index (κ3) is 2.20. The molecule has 3 heteroatoms. The van der Waals surface area contributed by atoms with Crippen LogP contribution in [0.1, 0.15) is 19.3 Å². The smallest absolute Gasteiger partial charge is 0.0246 e. The molecule has 2 atom stereocenters. The number of thioether (sulfide) groups is 1. The summed E-state index contributed by atoms with van der Waals surface area (Å²) in [5, 5.41) is 0. The van der Waals surface area contributed by atoms with Crippen LogP contribution < -0.4 is 5.73 Å². The Hall–Kier alpha value is 0.270. The highest BCUT2D eigenvalue weighted by Gasteiger charge is 2.36. The predicted octanol–water partition coefficient (Wildman–Crippen LogP) is 1.16. The van der Waals surface area contributed by atoms with E-state index in [2.05, 4.69) is 23.7 Å². The van der Waals surface area contributed by atoms with Crippen molar-refractivity contribution < 1.29 is 0 Å². The highest BCUT2D eigenvalue weighted by molar-refractivity contribution is 7.99. The molecule has 1 saturated carbocycles. The lowest BCUT2D eigenvalue weighted by molar-refractivity contribution is 0.173. The summed E-state index contributed by atoms with van der Waals surface area (Å²) in [7, 11) is 2.27. The highest BCUT2D eigenvalue weighted by Crippen LogP contribution is 2.36. The average molecular weight is 200 g/mol. The summed E-state index contributed by atoms with van der Waals surface area (Å²) in [5.41, 5.74) is 5.83. The molecule has 1 aliphatic carbocycles. The molecule has 76 valence electrons. The van der Waals surface area contributed by atoms with Gasteiger partial charge in [0.05, 0.1) is 0 Å². The number of hydrogen-bond acceptors (Lipinski definition) is 3. The van der Waals surface area contributed by atoms with Crippen LogP contribution in [0.4, 0.5) is 0 Å². The van der Waals surface area contributed by atoms with Gasteiger partial charge in [-0.15, -0.1) is 0 Å². The minimum absolute atomic E-state index is 0.670. The molecule has 2 N–H and O–H groups in total. The van der Waals surface area contributed by atoms with Gasteiger partial charge in [0.15, 0.2) is 0 Å². The molecule has 2 unspecified atom stereocenters. The van der Waals surface area contributed by atoms with Crippen molar-refractivity contribution in [3.05, 3.63) is 0 Å². The third-order valence-electron chi connectivity index (χ3n) is 3.41. The summed E-state index contributed by atoms with van der Waals surface area (Å²) in [6, 6.07) is 1.47. The first-order chi connectivity index (χ1) is 6.33. The summed E-state index contributed by atoms with van der Waals surface area (Å²) in [6.45, 7) is 0.850. The zero-order valence-corrected chi connectivity index (χ0v) is 9.22. The van der Waals surface area contributed by atoms with Crippen LogP contribution in [0.3, 0.4) is 0 Å². The molecule has 2 nitrogen and oxygen atoms in total. The van der Waals surface area contributed by atoms with Crippen LogP contribution in [0.5, 0.6) is 0 Å². The Balaban J connectivity index is 1.88. The maximum atomic E-state index is 5.83. The molecule has 0 bridgehead atoms. The largest absolute Gasteiger partial charge is 0.329 e. The van der Waals surface area contributed by atoms with Gasteiger partial charge in [-0.05, 0) is 38.0 Å².